The van der Waals surface area contributed by atoms with Gasteiger partial charge in [0.05, 0.1) is 24.9 Å². The average molecular weight is 341 g/mol. The Morgan fingerprint density at radius 2 is 1.92 bits per heavy atom. The monoisotopic (exact) mass is 341 g/mol. The Morgan fingerprint density at radius 3 is 2.52 bits per heavy atom. The summed E-state index contributed by atoms with van der Waals surface area (Å²) in [5, 5.41) is 4.20. The highest BCUT2D eigenvalue weighted by Crippen LogP contribution is 2.19. The molecule has 0 unspecified atom stereocenters. The zero-order valence-corrected chi connectivity index (χ0v) is 14.6. The van der Waals surface area contributed by atoms with E-state index in [4.69, 9.17) is 4.74 Å². The Kier molecular flexibility index (Phi) is 5.16. The van der Waals surface area contributed by atoms with Crippen LogP contribution in [0.3, 0.4) is 0 Å². The molecular weight excluding hydrogens is 318 g/mol. The molecule has 0 spiro atoms. The van der Waals surface area contributed by atoms with E-state index in [1.54, 1.807) is 17.8 Å². The fourth-order valence-electron chi connectivity index (χ4n) is 3.05. The van der Waals surface area contributed by atoms with Crippen molar-refractivity contribution in [3.8, 4) is 0 Å². The van der Waals surface area contributed by atoms with Crippen LogP contribution in [-0.2, 0) is 22.6 Å². The molecule has 1 amide bonds. The van der Waals surface area contributed by atoms with Gasteiger partial charge in [0.1, 0.15) is 0 Å². The number of amides is 1. The molecule has 6 heteroatoms. The van der Waals surface area contributed by atoms with Crippen LogP contribution in [-0.4, -0.2) is 39.7 Å². The van der Waals surface area contributed by atoms with Crippen LogP contribution >= 0.6 is 0 Å². The Morgan fingerprint density at radius 1 is 1.24 bits per heavy atom. The van der Waals surface area contributed by atoms with E-state index in [1.807, 2.05) is 29.2 Å². The van der Waals surface area contributed by atoms with Gasteiger partial charge in [-0.15, -0.1) is 0 Å². The van der Waals surface area contributed by atoms with Gasteiger partial charge in [0.25, 0.3) is 0 Å². The van der Waals surface area contributed by atoms with Gasteiger partial charge < -0.3 is 9.64 Å². The van der Waals surface area contributed by atoms with Crippen LogP contribution in [0, 0.1) is 5.92 Å². The Bertz CT molecular complexity index is 752. The minimum Gasteiger partial charge on any atom is -0.462 e. The van der Waals surface area contributed by atoms with Crippen molar-refractivity contribution in [1.29, 1.82) is 0 Å². The van der Waals surface area contributed by atoms with Crippen LogP contribution < -0.4 is 0 Å². The predicted octanol–water partition coefficient (Wildman–Crippen LogP) is 2.48. The molecule has 1 aliphatic heterocycles. The fourth-order valence-corrected chi connectivity index (χ4v) is 3.05. The highest BCUT2D eigenvalue weighted by Gasteiger charge is 2.26. The lowest BCUT2D eigenvalue weighted by Crippen LogP contribution is -2.24. The summed E-state index contributed by atoms with van der Waals surface area (Å²) in [4.78, 5) is 25.5. The summed E-state index contributed by atoms with van der Waals surface area (Å²) in [5.41, 5.74) is 2.67. The van der Waals surface area contributed by atoms with Crippen LogP contribution in [0.2, 0.25) is 0 Å². The molecule has 1 aliphatic rings. The summed E-state index contributed by atoms with van der Waals surface area (Å²) in [6.07, 6.45) is 3.86. The maximum Gasteiger partial charge on any atom is 0.341 e. The molecule has 0 radical (unpaired) electrons. The number of carbonyl (C=O) groups excluding carboxylic acids is 2. The van der Waals surface area contributed by atoms with E-state index in [1.165, 1.54) is 6.20 Å². The highest BCUT2D eigenvalue weighted by atomic mass is 16.5. The number of likely N-dealkylation sites (tertiary alicyclic amines) is 1. The second-order valence-corrected chi connectivity index (χ2v) is 6.55. The van der Waals surface area contributed by atoms with Crippen molar-refractivity contribution in [2.24, 2.45) is 5.92 Å². The van der Waals surface area contributed by atoms with Gasteiger partial charge in [0.15, 0.2) is 0 Å². The number of ether oxygens (including phenoxy) is 1. The third kappa shape index (κ3) is 4.26. The standard InChI is InChI=1S/C19H23N3O3/c1-3-25-19(24)17-9-20-22(13-17)12-16-6-4-15(5-7-16)11-21-10-14(2)8-18(21)23/h4-7,9,13-14H,3,8,10-12H2,1-2H3/t14-/m0/s1. The van der Waals surface area contributed by atoms with E-state index in [2.05, 4.69) is 12.0 Å². The molecule has 0 bridgehead atoms. The first-order valence-electron chi connectivity index (χ1n) is 8.60. The molecule has 3 rings (SSSR count). The van der Waals surface area contributed by atoms with Crippen molar-refractivity contribution in [3.63, 3.8) is 0 Å². The fraction of sp³-hybridized carbons (Fsp3) is 0.421. The number of carbonyl (C=O) groups is 2. The number of hydrogen-bond acceptors (Lipinski definition) is 4. The molecule has 1 aromatic carbocycles. The number of nitrogens with zero attached hydrogens (tertiary/aromatic N) is 3. The van der Waals surface area contributed by atoms with Crippen LogP contribution in [0.4, 0.5) is 0 Å². The first-order chi connectivity index (χ1) is 12.0. The summed E-state index contributed by atoms with van der Waals surface area (Å²) in [6.45, 7) is 6.32. The first-order valence-corrected chi connectivity index (χ1v) is 8.60. The van der Waals surface area contributed by atoms with Crippen LogP contribution in [0.5, 0.6) is 0 Å². The van der Waals surface area contributed by atoms with E-state index in [-0.39, 0.29) is 11.9 Å². The average Bonchev–Trinajstić information content (AvgIpc) is 3.16. The summed E-state index contributed by atoms with van der Waals surface area (Å²) in [5.74, 6) is 0.327. The van der Waals surface area contributed by atoms with Crippen molar-refractivity contribution in [2.45, 2.75) is 33.4 Å². The molecule has 1 atom stereocenters. The van der Waals surface area contributed by atoms with Crippen LogP contribution in [0.15, 0.2) is 36.7 Å². The summed E-state index contributed by atoms with van der Waals surface area (Å²) >= 11 is 0. The minimum atomic E-state index is -0.353. The van der Waals surface area contributed by atoms with Gasteiger partial charge in [-0.3, -0.25) is 9.48 Å². The van der Waals surface area contributed by atoms with Gasteiger partial charge in [-0.25, -0.2) is 4.79 Å². The van der Waals surface area contributed by atoms with Gasteiger partial charge in [-0.1, -0.05) is 31.2 Å². The molecule has 2 heterocycles. The lowest BCUT2D eigenvalue weighted by molar-refractivity contribution is -0.128. The first kappa shape index (κ1) is 17.2. The Labute approximate surface area is 147 Å². The molecule has 1 fully saturated rings. The van der Waals surface area contributed by atoms with Gasteiger partial charge in [-0.05, 0) is 24.0 Å². The Balaban J connectivity index is 1.59. The number of benzene rings is 1. The number of rotatable bonds is 6. The molecule has 6 nitrogen and oxygen atoms in total. The summed E-state index contributed by atoms with van der Waals surface area (Å²) in [7, 11) is 0. The van der Waals surface area contributed by atoms with Crippen molar-refractivity contribution in [1.82, 2.24) is 14.7 Å². The van der Waals surface area contributed by atoms with E-state index < -0.39 is 0 Å². The van der Waals surface area contributed by atoms with Crippen molar-refractivity contribution in [3.05, 3.63) is 53.3 Å². The summed E-state index contributed by atoms with van der Waals surface area (Å²) < 4.78 is 6.68. The molecular formula is C19H23N3O3. The normalized spacial score (nSPS) is 17.1. The molecule has 1 saturated heterocycles. The Hall–Kier alpha value is -2.63. The van der Waals surface area contributed by atoms with E-state index in [9.17, 15) is 9.59 Å². The topological polar surface area (TPSA) is 64.4 Å². The molecule has 1 aromatic heterocycles. The minimum absolute atomic E-state index is 0.236. The maximum absolute atomic E-state index is 11.9. The number of aromatic nitrogens is 2. The van der Waals surface area contributed by atoms with E-state index >= 15 is 0 Å². The highest BCUT2D eigenvalue weighted by molar-refractivity contribution is 5.88. The zero-order valence-electron chi connectivity index (χ0n) is 14.6. The van der Waals surface area contributed by atoms with Crippen molar-refractivity contribution in [2.75, 3.05) is 13.2 Å². The molecule has 0 saturated carbocycles. The van der Waals surface area contributed by atoms with Gasteiger partial charge in [0, 0.05) is 25.7 Å². The van der Waals surface area contributed by atoms with Gasteiger partial charge in [-0.2, -0.15) is 5.10 Å². The second-order valence-electron chi connectivity index (χ2n) is 6.55. The lowest BCUT2D eigenvalue weighted by Gasteiger charge is -2.16. The SMILES string of the molecule is CCOC(=O)c1cnn(Cc2ccc(CN3C[C@@H](C)CC3=O)cc2)c1. The zero-order chi connectivity index (χ0) is 17.8. The lowest BCUT2D eigenvalue weighted by atomic mass is 10.1. The van der Waals surface area contributed by atoms with Crippen molar-refractivity contribution >= 4 is 11.9 Å². The third-order valence-corrected chi connectivity index (χ3v) is 4.29. The van der Waals surface area contributed by atoms with Gasteiger partial charge >= 0.3 is 5.97 Å². The second kappa shape index (κ2) is 7.51. The van der Waals surface area contributed by atoms with Crippen molar-refractivity contribution < 1.29 is 14.3 Å². The molecule has 0 aliphatic carbocycles. The number of esters is 1. The summed E-state index contributed by atoms with van der Waals surface area (Å²) in [6, 6.07) is 8.15. The smallest absolute Gasteiger partial charge is 0.341 e. The molecule has 132 valence electrons. The van der Waals surface area contributed by atoms with Gasteiger partial charge in [0.2, 0.25) is 5.91 Å². The quantitative estimate of drug-likeness (QED) is 0.757. The largest absolute Gasteiger partial charge is 0.462 e. The third-order valence-electron chi connectivity index (χ3n) is 4.29. The molecule has 2 aromatic rings. The van der Waals surface area contributed by atoms with E-state index in [0.717, 1.165) is 17.7 Å². The van der Waals surface area contributed by atoms with Crippen LogP contribution in [0.1, 0.15) is 41.8 Å². The molecule has 0 N–H and O–H groups in total. The predicted molar refractivity (Wildman–Crippen MR) is 92.9 cm³/mol. The van der Waals surface area contributed by atoms with E-state index in [0.29, 0.717) is 37.6 Å². The number of hydrogen-bond donors (Lipinski definition) is 0. The molecule has 25 heavy (non-hydrogen) atoms. The van der Waals surface area contributed by atoms with Crippen LogP contribution in [0.25, 0.3) is 0 Å². The maximum atomic E-state index is 11.9.